The molecule has 2 aromatic carbocycles. The quantitative estimate of drug-likeness (QED) is 0.310. The molecule has 4 aromatic rings. The summed E-state index contributed by atoms with van der Waals surface area (Å²) in [7, 11) is 1.35. The molecule has 170 valence electrons. The molecule has 2 N–H and O–H groups in total. The number of phenolic OH excluding ortho intramolecular Hbond substituents is 1. The second-order valence-electron chi connectivity index (χ2n) is 7.79. The minimum Gasteiger partial charge on any atom is -0.508 e. The van der Waals surface area contributed by atoms with Crippen LogP contribution in [-0.2, 0) is 4.74 Å². The van der Waals surface area contributed by atoms with Crippen molar-refractivity contribution in [2.75, 3.05) is 12.0 Å². The third-order valence-electron chi connectivity index (χ3n) is 5.71. The Morgan fingerprint density at radius 3 is 2.65 bits per heavy atom. The van der Waals surface area contributed by atoms with Gasteiger partial charge in [0.15, 0.2) is 5.11 Å². The first-order valence-corrected chi connectivity index (χ1v) is 11.0. The number of ether oxygens (including phenoxy) is 1. The molecule has 2 aromatic heterocycles. The average Bonchev–Trinajstić information content (AvgIpc) is 3.49. The van der Waals surface area contributed by atoms with Crippen molar-refractivity contribution in [1.82, 2.24) is 10.3 Å². The average molecular weight is 472 g/mol. The van der Waals surface area contributed by atoms with Crippen LogP contribution in [0.1, 0.15) is 33.9 Å². The second kappa shape index (κ2) is 8.99. The number of pyridine rings is 1. The number of nitrogens with zero attached hydrogens (tertiary/aromatic N) is 2. The Labute approximate surface area is 201 Å². The number of methoxy groups -OCH3 is 1. The Kier molecular flexibility index (Phi) is 5.73. The highest BCUT2D eigenvalue weighted by molar-refractivity contribution is 7.80. The van der Waals surface area contributed by atoms with Crippen LogP contribution in [-0.4, -0.2) is 28.3 Å². The van der Waals surface area contributed by atoms with Gasteiger partial charge in [0.1, 0.15) is 23.3 Å². The molecule has 2 atom stereocenters. The third kappa shape index (κ3) is 3.99. The molecule has 1 aliphatic heterocycles. The summed E-state index contributed by atoms with van der Waals surface area (Å²) in [6.07, 6.45) is 1.74. The summed E-state index contributed by atoms with van der Waals surface area (Å²) in [5, 5.41) is 13.7. The number of nitrogens with one attached hydrogen (secondary N) is 1. The monoisotopic (exact) mass is 471 g/mol. The number of aromatic nitrogens is 1. The van der Waals surface area contributed by atoms with Crippen LogP contribution < -0.4 is 10.2 Å². The van der Waals surface area contributed by atoms with E-state index in [2.05, 4.69) is 10.3 Å². The van der Waals surface area contributed by atoms with Crippen LogP contribution in [0.5, 0.6) is 5.75 Å². The number of esters is 1. The van der Waals surface area contributed by atoms with E-state index in [0.717, 1.165) is 16.9 Å². The van der Waals surface area contributed by atoms with E-state index < -0.39 is 5.97 Å². The lowest BCUT2D eigenvalue weighted by Gasteiger charge is -2.26. The van der Waals surface area contributed by atoms with E-state index >= 15 is 0 Å². The van der Waals surface area contributed by atoms with Crippen molar-refractivity contribution in [3.8, 4) is 17.1 Å². The number of anilines is 1. The van der Waals surface area contributed by atoms with Gasteiger partial charge in [-0.15, -0.1) is 0 Å². The minimum atomic E-state index is -0.410. The van der Waals surface area contributed by atoms with Gasteiger partial charge in [0, 0.05) is 17.4 Å². The van der Waals surface area contributed by atoms with Crippen LogP contribution in [0.15, 0.2) is 89.5 Å². The topological polar surface area (TPSA) is 87.8 Å². The molecule has 0 radical (unpaired) electrons. The van der Waals surface area contributed by atoms with Crippen LogP contribution >= 0.6 is 12.2 Å². The molecule has 0 amide bonds. The molecular weight excluding hydrogens is 450 g/mol. The number of hydrogen-bond donors (Lipinski definition) is 2. The van der Waals surface area contributed by atoms with Gasteiger partial charge in [-0.25, -0.2) is 4.79 Å². The van der Waals surface area contributed by atoms with Crippen molar-refractivity contribution in [3.63, 3.8) is 0 Å². The molecule has 0 saturated carbocycles. The zero-order chi connectivity index (χ0) is 23.7. The fourth-order valence-electron chi connectivity index (χ4n) is 4.12. The van der Waals surface area contributed by atoms with Crippen molar-refractivity contribution in [3.05, 3.63) is 102 Å². The number of hydrogen-bond acceptors (Lipinski definition) is 6. The maximum absolute atomic E-state index is 12.0. The Morgan fingerprint density at radius 1 is 1.09 bits per heavy atom. The summed E-state index contributed by atoms with van der Waals surface area (Å²) < 4.78 is 11.2. The molecule has 7 nitrogen and oxygen atoms in total. The molecule has 0 unspecified atom stereocenters. The number of carbonyl (C=O) groups excluding carboxylic acids is 1. The van der Waals surface area contributed by atoms with E-state index in [9.17, 15) is 9.90 Å². The molecule has 3 heterocycles. The molecule has 1 saturated heterocycles. The lowest BCUT2D eigenvalue weighted by atomic mass is 10.0. The Morgan fingerprint density at radius 2 is 1.91 bits per heavy atom. The normalized spacial score (nSPS) is 17.4. The Balaban J connectivity index is 1.57. The van der Waals surface area contributed by atoms with Crippen LogP contribution in [0.4, 0.5) is 5.69 Å². The number of phenols is 1. The zero-order valence-electron chi connectivity index (χ0n) is 18.2. The van der Waals surface area contributed by atoms with Gasteiger partial charge in [-0.05, 0) is 72.9 Å². The number of carbonyl (C=O) groups is 1. The largest absolute Gasteiger partial charge is 0.508 e. The first-order chi connectivity index (χ1) is 16.5. The predicted molar refractivity (Wildman–Crippen MR) is 132 cm³/mol. The van der Waals surface area contributed by atoms with Crippen LogP contribution in [0.2, 0.25) is 0 Å². The maximum Gasteiger partial charge on any atom is 0.337 e. The van der Waals surface area contributed by atoms with E-state index in [0.29, 0.717) is 22.2 Å². The molecule has 1 fully saturated rings. The molecule has 5 rings (SSSR count). The highest BCUT2D eigenvalue weighted by atomic mass is 32.1. The Hall–Kier alpha value is -4.17. The van der Waals surface area contributed by atoms with Crippen molar-refractivity contribution >= 4 is 29.0 Å². The highest BCUT2D eigenvalue weighted by Crippen LogP contribution is 2.43. The Bertz CT molecular complexity index is 1340. The zero-order valence-corrected chi connectivity index (χ0v) is 19.0. The van der Waals surface area contributed by atoms with E-state index in [1.807, 2.05) is 41.3 Å². The molecule has 0 spiro atoms. The van der Waals surface area contributed by atoms with Gasteiger partial charge in [0.05, 0.1) is 24.4 Å². The molecule has 0 bridgehead atoms. The third-order valence-corrected chi connectivity index (χ3v) is 6.03. The number of aromatic hydroxyl groups is 1. The first-order valence-electron chi connectivity index (χ1n) is 10.6. The van der Waals surface area contributed by atoms with Crippen LogP contribution in [0.25, 0.3) is 11.3 Å². The molecular formula is C26H21N3O4S. The lowest BCUT2D eigenvalue weighted by molar-refractivity contribution is 0.0601. The summed E-state index contributed by atoms with van der Waals surface area (Å²) >= 11 is 5.70. The van der Waals surface area contributed by atoms with E-state index in [-0.39, 0.29) is 17.8 Å². The minimum absolute atomic E-state index is 0.172. The van der Waals surface area contributed by atoms with Gasteiger partial charge in [-0.2, -0.15) is 0 Å². The maximum atomic E-state index is 12.0. The number of thiocarbonyl (C=S) groups is 1. The van der Waals surface area contributed by atoms with Crippen LogP contribution in [0.3, 0.4) is 0 Å². The summed E-state index contributed by atoms with van der Waals surface area (Å²) in [5.41, 5.74) is 2.83. The summed E-state index contributed by atoms with van der Waals surface area (Å²) in [4.78, 5) is 18.5. The second-order valence-corrected chi connectivity index (χ2v) is 8.17. The first kappa shape index (κ1) is 21.7. The summed E-state index contributed by atoms with van der Waals surface area (Å²) in [6, 6.07) is 22.9. The van der Waals surface area contributed by atoms with E-state index in [1.54, 1.807) is 48.7 Å². The van der Waals surface area contributed by atoms with Gasteiger partial charge in [0.25, 0.3) is 0 Å². The van der Waals surface area contributed by atoms with Crippen molar-refractivity contribution in [1.29, 1.82) is 0 Å². The number of benzene rings is 2. The fourth-order valence-corrected chi connectivity index (χ4v) is 4.47. The van der Waals surface area contributed by atoms with Gasteiger partial charge >= 0.3 is 5.97 Å². The lowest BCUT2D eigenvalue weighted by Crippen LogP contribution is -2.29. The smallest absolute Gasteiger partial charge is 0.337 e. The standard InChI is InChI=1S/C26H21N3O4S/c1-32-25(31)17-6-4-5-16(15-17)21-12-13-22(33-21)24-23(20-7-2-3-14-27-20)28-26(34)29(24)18-8-10-19(30)11-9-18/h2-15,23-24,30H,1H3,(H,28,34)/t23-,24+/m1/s1. The number of furan rings is 1. The predicted octanol–water partition coefficient (Wildman–Crippen LogP) is 5.01. The highest BCUT2D eigenvalue weighted by Gasteiger charge is 2.42. The van der Waals surface area contributed by atoms with Gasteiger partial charge in [-0.3, -0.25) is 4.98 Å². The van der Waals surface area contributed by atoms with Gasteiger partial charge < -0.3 is 24.5 Å². The molecule has 8 heteroatoms. The van der Waals surface area contributed by atoms with Crippen molar-refractivity contribution in [2.24, 2.45) is 0 Å². The van der Waals surface area contributed by atoms with E-state index in [4.69, 9.17) is 21.4 Å². The van der Waals surface area contributed by atoms with Crippen molar-refractivity contribution < 1.29 is 19.1 Å². The van der Waals surface area contributed by atoms with Crippen molar-refractivity contribution in [2.45, 2.75) is 12.1 Å². The molecule has 1 aliphatic rings. The van der Waals surface area contributed by atoms with E-state index in [1.165, 1.54) is 7.11 Å². The van der Waals surface area contributed by atoms with Gasteiger partial charge in [0.2, 0.25) is 0 Å². The molecule has 0 aliphatic carbocycles. The SMILES string of the molecule is COC(=O)c1cccc(-c2ccc([C@H]3[C@@H](c4ccccn4)NC(=S)N3c3ccc(O)cc3)o2)c1. The molecule has 34 heavy (non-hydrogen) atoms. The summed E-state index contributed by atoms with van der Waals surface area (Å²) in [6.45, 7) is 0. The van der Waals surface area contributed by atoms with Crippen LogP contribution in [0, 0.1) is 0 Å². The summed E-state index contributed by atoms with van der Waals surface area (Å²) in [5.74, 6) is 1.05. The number of rotatable bonds is 5. The van der Waals surface area contributed by atoms with Gasteiger partial charge in [-0.1, -0.05) is 18.2 Å². The fraction of sp³-hybridized carbons (Fsp3) is 0.115.